The first-order valence-corrected chi connectivity index (χ1v) is 6.03. The Bertz CT molecular complexity index is 295. The first-order chi connectivity index (χ1) is 6.74. The van der Waals surface area contributed by atoms with Gasteiger partial charge in [-0.15, -0.1) is 0 Å². The molecule has 1 nitrogen and oxygen atoms in total. The van der Waals surface area contributed by atoms with Crippen LogP contribution in [0, 0.1) is 0 Å². The van der Waals surface area contributed by atoms with E-state index in [4.69, 9.17) is 0 Å². The third kappa shape index (κ3) is 2.01. The molecule has 1 fully saturated rings. The van der Waals surface area contributed by atoms with Gasteiger partial charge in [-0.1, -0.05) is 35.0 Å². The van der Waals surface area contributed by atoms with Crippen LogP contribution < -0.4 is 5.32 Å². The first-order valence-electron chi connectivity index (χ1n) is 5.24. The molecular formula is C12H16BrN. The first kappa shape index (κ1) is 10.2. The van der Waals surface area contributed by atoms with Crippen molar-refractivity contribution < 1.29 is 0 Å². The molecule has 1 saturated heterocycles. The number of hydrogen-bond acceptors (Lipinski definition) is 1. The molecule has 1 aliphatic heterocycles. The Balaban J connectivity index is 2.06. The van der Waals surface area contributed by atoms with Gasteiger partial charge in [0.15, 0.2) is 0 Å². The molecule has 1 heterocycles. The van der Waals surface area contributed by atoms with Crippen LogP contribution >= 0.6 is 15.9 Å². The van der Waals surface area contributed by atoms with Crippen molar-refractivity contribution in [2.45, 2.75) is 31.7 Å². The fraction of sp³-hybridized carbons (Fsp3) is 0.500. The summed E-state index contributed by atoms with van der Waals surface area (Å²) in [4.78, 5) is 0. The van der Waals surface area contributed by atoms with Crippen molar-refractivity contribution in [3.63, 3.8) is 0 Å². The van der Waals surface area contributed by atoms with Crippen molar-refractivity contribution in [1.82, 2.24) is 5.32 Å². The number of nitrogens with one attached hydrogen (secondary N) is 1. The molecule has 0 bridgehead atoms. The van der Waals surface area contributed by atoms with Gasteiger partial charge in [0.05, 0.1) is 0 Å². The zero-order valence-corrected chi connectivity index (χ0v) is 10.1. The molecular weight excluding hydrogens is 238 g/mol. The highest BCUT2D eigenvalue weighted by Gasteiger charge is 2.34. The standard InChI is InChI=1S/C12H16BrN/c1-2-12(7-8-14-12)9-10-3-5-11(13)6-4-10/h3-6,14H,2,7-9H2,1H3. The zero-order valence-electron chi connectivity index (χ0n) is 8.52. The zero-order chi connectivity index (χ0) is 10.0. The number of rotatable bonds is 3. The largest absolute Gasteiger partial charge is 0.311 e. The highest BCUT2D eigenvalue weighted by molar-refractivity contribution is 9.10. The summed E-state index contributed by atoms with van der Waals surface area (Å²) in [5.41, 5.74) is 1.83. The van der Waals surface area contributed by atoms with Crippen LogP contribution in [-0.2, 0) is 6.42 Å². The molecule has 1 N–H and O–H groups in total. The minimum absolute atomic E-state index is 0.397. The SMILES string of the molecule is CCC1(Cc2ccc(Br)cc2)CCN1. The van der Waals surface area contributed by atoms with Crippen LogP contribution in [0.5, 0.6) is 0 Å². The van der Waals surface area contributed by atoms with Crippen LogP contribution in [0.1, 0.15) is 25.3 Å². The van der Waals surface area contributed by atoms with Gasteiger partial charge in [0, 0.05) is 10.0 Å². The maximum atomic E-state index is 3.56. The molecule has 0 aliphatic carbocycles. The summed E-state index contributed by atoms with van der Waals surface area (Å²) in [6, 6.07) is 8.66. The lowest BCUT2D eigenvalue weighted by atomic mass is 9.80. The Kier molecular flexibility index (Phi) is 2.93. The molecule has 76 valence electrons. The fourth-order valence-electron chi connectivity index (χ4n) is 2.05. The van der Waals surface area contributed by atoms with Gasteiger partial charge in [0.25, 0.3) is 0 Å². The van der Waals surface area contributed by atoms with Crippen molar-refractivity contribution in [1.29, 1.82) is 0 Å². The van der Waals surface area contributed by atoms with Crippen molar-refractivity contribution >= 4 is 15.9 Å². The Labute approximate surface area is 94.0 Å². The van der Waals surface area contributed by atoms with Crippen LogP contribution in [0.2, 0.25) is 0 Å². The summed E-state index contributed by atoms with van der Waals surface area (Å²) in [7, 11) is 0. The predicted molar refractivity (Wildman–Crippen MR) is 63.5 cm³/mol. The summed E-state index contributed by atoms with van der Waals surface area (Å²) in [5.74, 6) is 0. The topological polar surface area (TPSA) is 12.0 Å². The third-order valence-electron chi connectivity index (χ3n) is 3.24. The van der Waals surface area contributed by atoms with Gasteiger partial charge in [-0.25, -0.2) is 0 Å². The van der Waals surface area contributed by atoms with E-state index in [1.54, 1.807) is 0 Å². The van der Waals surface area contributed by atoms with Crippen molar-refractivity contribution in [2.24, 2.45) is 0 Å². The van der Waals surface area contributed by atoms with Crippen LogP contribution in [0.15, 0.2) is 28.7 Å². The number of hydrogen-bond donors (Lipinski definition) is 1. The molecule has 0 saturated carbocycles. The Morgan fingerprint density at radius 1 is 1.36 bits per heavy atom. The minimum Gasteiger partial charge on any atom is -0.311 e. The quantitative estimate of drug-likeness (QED) is 0.873. The molecule has 14 heavy (non-hydrogen) atoms. The van der Waals surface area contributed by atoms with Crippen LogP contribution in [-0.4, -0.2) is 12.1 Å². The molecule has 2 heteroatoms. The van der Waals surface area contributed by atoms with Crippen molar-refractivity contribution in [3.05, 3.63) is 34.3 Å². The fourth-order valence-corrected chi connectivity index (χ4v) is 2.31. The van der Waals surface area contributed by atoms with E-state index in [1.807, 2.05) is 0 Å². The van der Waals surface area contributed by atoms with E-state index in [2.05, 4.69) is 52.4 Å². The van der Waals surface area contributed by atoms with E-state index in [0.29, 0.717) is 5.54 Å². The Morgan fingerprint density at radius 3 is 2.43 bits per heavy atom. The molecule has 0 radical (unpaired) electrons. The average molecular weight is 254 g/mol. The van der Waals surface area contributed by atoms with Crippen molar-refractivity contribution in [3.8, 4) is 0 Å². The van der Waals surface area contributed by atoms with E-state index < -0.39 is 0 Å². The Morgan fingerprint density at radius 2 is 2.00 bits per heavy atom. The lowest BCUT2D eigenvalue weighted by Gasteiger charge is -2.43. The molecule has 1 atom stereocenters. The van der Waals surface area contributed by atoms with Crippen LogP contribution in [0.3, 0.4) is 0 Å². The van der Waals surface area contributed by atoms with E-state index in [1.165, 1.54) is 24.9 Å². The van der Waals surface area contributed by atoms with Gasteiger partial charge in [-0.3, -0.25) is 0 Å². The number of halogens is 1. The second kappa shape index (κ2) is 4.03. The normalized spacial score (nSPS) is 25.9. The van der Waals surface area contributed by atoms with Crippen LogP contribution in [0.4, 0.5) is 0 Å². The molecule has 2 rings (SSSR count). The van der Waals surface area contributed by atoms with E-state index in [9.17, 15) is 0 Å². The summed E-state index contributed by atoms with van der Waals surface area (Å²) >= 11 is 3.46. The van der Waals surface area contributed by atoms with Gasteiger partial charge >= 0.3 is 0 Å². The smallest absolute Gasteiger partial charge is 0.0231 e. The maximum absolute atomic E-state index is 3.56. The summed E-state index contributed by atoms with van der Waals surface area (Å²) < 4.78 is 1.16. The average Bonchev–Trinajstić information content (AvgIpc) is 2.15. The van der Waals surface area contributed by atoms with Gasteiger partial charge in [-0.05, 0) is 43.5 Å². The van der Waals surface area contributed by atoms with Gasteiger partial charge in [0.2, 0.25) is 0 Å². The van der Waals surface area contributed by atoms with E-state index in [0.717, 1.165) is 10.9 Å². The second-order valence-electron chi connectivity index (χ2n) is 4.11. The molecule has 1 aromatic rings. The third-order valence-corrected chi connectivity index (χ3v) is 3.76. The summed E-state index contributed by atoms with van der Waals surface area (Å²) in [5, 5.41) is 3.56. The molecule has 0 spiro atoms. The lowest BCUT2D eigenvalue weighted by Crippen LogP contribution is -2.57. The predicted octanol–water partition coefficient (Wildman–Crippen LogP) is 3.13. The van der Waals surface area contributed by atoms with Crippen LogP contribution in [0.25, 0.3) is 0 Å². The highest BCUT2D eigenvalue weighted by atomic mass is 79.9. The van der Waals surface area contributed by atoms with Gasteiger partial charge in [-0.2, -0.15) is 0 Å². The van der Waals surface area contributed by atoms with Gasteiger partial charge < -0.3 is 5.32 Å². The van der Waals surface area contributed by atoms with E-state index in [-0.39, 0.29) is 0 Å². The second-order valence-corrected chi connectivity index (χ2v) is 5.03. The lowest BCUT2D eigenvalue weighted by molar-refractivity contribution is 0.198. The molecule has 1 aliphatic rings. The molecule has 1 aromatic carbocycles. The van der Waals surface area contributed by atoms with Crippen molar-refractivity contribution in [2.75, 3.05) is 6.54 Å². The monoisotopic (exact) mass is 253 g/mol. The Hall–Kier alpha value is -0.340. The van der Waals surface area contributed by atoms with Gasteiger partial charge in [0.1, 0.15) is 0 Å². The minimum atomic E-state index is 0.397. The molecule has 0 amide bonds. The highest BCUT2D eigenvalue weighted by Crippen LogP contribution is 2.27. The molecule has 1 unspecified atom stereocenters. The maximum Gasteiger partial charge on any atom is 0.0231 e. The summed E-state index contributed by atoms with van der Waals surface area (Å²) in [6.07, 6.45) is 3.71. The molecule has 0 aromatic heterocycles. The summed E-state index contributed by atoms with van der Waals surface area (Å²) in [6.45, 7) is 3.45. The van der Waals surface area contributed by atoms with E-state index >= 15 is 0 Å². The number of benzene rings is 1.